The van der Waals surface area contributed by atoms with Gasteiger partial charge in [0.1, 0.15) is 5.82 Å². The first kappa shape index (κ1) is 9.15. The van der Waals surface area contributed by atoms with Crippen molar-refractivity contribution in [3.63, 3.8) is 0 Å². The number of nitrogens with one attached hydrogen (secondary N) is 1. The quantitative estimate of drug-likeness (QED) is 0.743. The van der Waals surface area contributed by atoms with Gasteiger partial charge in [-0.1, -0.05) is 0 Å². The molecule has 0 radical (unpaired) electrons. The first-order chi connectivity index (χ1) is 6.72. The Bertz CT molecular complexity index is 378. The van der Waals surface area contributed by atoms with E-state index < -0.39 is 0 Å². The number of benzene rings is 1. The minimum absolute atomic E-state index is 0.0870. The fourth-order valence-electron chi connectivity index (χ4n) is 1.75. The van der Waals surface area contributed by atoms with Gasteiger partial charge in [-0.05, 0) is 36.7 Å². The van der Waals surface area contributed by atoms with E-state index >= 15 is 0 Å². The zero-order valence-corrected chi connectivity index (χ0v) is 7.59. The number of carbonyl (C=O) groups is 1. The molecule has 2 rings (SSSR count). The third kappa shape index (κ3) is 1.37. The molecule has 1 atom stereocenters. The van der Waals surface area contributed by atoms with Crippen molar-refractivity contribution >= 4 is 11.6 Å². The molecule has 0 bridgehead atoms. The number of carbonyl (C=O) groups excluding carboxylic acids is 1. The second-order valence-electron chi connectivity index (χ2n) is 3.35. The standard InChI is InChI=1S/C10H11FN2O/c11-6-1-2-9-8(5-6)7(3-4-12)10(14)13-9/h1-2,5,7H,3-4,12H2,(H,13,14). The Balaban J connectivity index is 2.39. The average Bonchev–Trinajstić information content (AvgIpc) is 2.45. The second-order valence-corrected chi connectivity index (χ2v) is 3.35. The molecule has 1 heterocycles. The Morgan fingerprint density at radius 3 is 3.00 bits per heavy atom. The Hall–Kier alpha value is -1.42. The van der Waals surface area contributed by atoms with Gasteiger partial charge in [0.2, 0.25) is 5.91 Å². The lowest BCUT2D eigenvalue weighted by atomic mass is 9.97. The summed E-state index contributed by atoms with van der Waals surface area (Å²) in [5, 5.41) is 2.70. The molecular weight excluding hydrogens is 183 g/mol. The zero-order valence-electron chi connectivity index (χ0n) is 7.59. The van der Waals surface area contributed by atoms with Crippen LogP contribution in [0.25, 0.3) is 0 Å². The van der Waals surface area contributed by atoms with E-state index in [0.29, 0.717) is 18.7 Å². The third-order valence-electron chi connectivity index (χ3n) is 2.42. The fraction of sp³-hybridized carbons (Fsp3) is 0.300. The monoisotopic (exact) mass is 194 g/mol. The third-order valence-corrected chi connectivity index (χ3v) is 2.42. The zero-order chi connectivity index (χ0) is 10.1. The normalized spacial score (nSPS) is 19.3. The Labute approximate surface area is 81.1 Å². The molecule has 1 amide bonds. The lowest BCUT2D eigenvalue weighted by Crippen LogP contribution is -2.15. The number of amides is 1. The second kappa shape index (κ2) is 3.38. The highest BCUT2D eigenvalue weighted by atomic mass is 19.1. The van der Waals surface area contributed by atoms with Crippen LogP contribution in [0.5, 0.6) is 0 Å². The lowest BCUT2D eigenvalue weighted by Gasteiger charge is -2.05. The number of fused-ring (bicyclic) bond motifs is 1. The molecule has 74 valence electrons. The fourth-order valence-corrected chi connectivity index (χ4v) is 1.75. The van der Waals surface area contributed by atoms with Gasteiger partial charge in [0.25, 0.3) is 0 Å². The molecule has 14 heavy (non-hydrogen) atoms. The summed E-state index contributed by atoms with van der Waals surface area (Å²) in [5.74, 6) is -0.691. The first-order valence-electron chi connectivity index (χ1n) is 4.52. The molecule has 0 aromatic heterocycles. The van der Waals surface area contributed by atoms with Crippen LogP contribution in [-0.4, -0.2) is 12.5 Å². The van der Waals surface area contributed by atoms with Crippen molar-refractivity contribution in [1.29, 1.82) is 0 Å². The van der Waals surface area contributed by atoms with Gasteiger partial charge in [0.05, 0.1) is 5.92 Å². The molecule has 3 N–H and O–H groups in total. The highest BCUT2D eigenvalue weighted by Crippen LogP contribution is 2.34. The van der Waals surface area contributed by atoms with Crippen molar-refractivity contribution in [2.75, 3.05) is 11.9 Å². The van der Waals surface area contributed by atoms with Gasteiger partial charge in [-0.2, -0.15) is 0 Å². The summed E-state index contributed by atoms with van der Waals surface area (Å²) in [4.78, 5) is 11.4. The Morgan fingerprint density at radius 2 is 2.29 bits per heavy atom. The maximum absolute atomic E-state index is 12.9. The van der Waals surface area contributed by atoms with E-state index in [4.69, 9.17) is 5.73 Å². The van der Waals surface area contributed by atoms with Gasteiger partial charge >= 0.3 is 0 Å². The molecule has 1 unspecified atom stereocenters. The van der Waals surface area contributed by atoms with Crippen LogP contribution >= 0.6 is 0 Å². The van der Waals surface area contributed by atoms with Gasteiger partial charge < -0.3 is 11.1 Å². The van der Waals surface area contributed by atoms with Crippen LogP contribution in [0.2, 0.25) is 0 Å². The van der Waals surface area contributed by atoms with E-state index in [2.05, 4.69) is 5.32 Å². The van der Waals surface area contributed by atoms with Gasteiger partial charge in [0, 0.05) is 5.69 Å². The smallest absolute Gasteiger partial charge is 0.232 e. The van der Waals surface area contributed by atoms with Crippen molar-refractivity contribution in [3.05, 3.63) is 29.6 Å². The van der Waals surface area contributed by atoms with Crippen molar-refractivity contribution < 1.29 is 9.18 Å². The van der Waals surface area contributed by atoms with Crippen molar-refractivity contribution in [2.24, 2.45) is 5.73 Å². The van der Waals surface area contributed by atoms with E-state index in [1.807, 2.05) is 0 Å². The van der Waals surface area contributed by atoms with Crippen molar-refractivity contribution in [3.8, 4) is 0 Å². The van der Waals surface area contributed by atoms with Gasteiger partial charge in [-0.15, -0.1) is 0 Å². The summed E-state index contributed by atoms with van der Waals surface area (Å²) in [6.07, 6.45) is 0.558. The topological polar surface area (TPSA) is 55.1 Å². The lowest BCUT2D eigenvalue weighted by molar-refractivity contribution is -0.117. The summed E-state index contributed by atoms with van der Waals surface area (Å²) < 4.78 is 12.9. The molecule has 1 aromatic rings. The SMILES string of the molecule is NCCC1C(=O)Nc2ccc(F)cc21. The molecule has 0 saturated heterocycles. The molecular formula is C10H11FN2O. The van der Waals surface area contributed by atoms with Crippen LogP contribution in [0.15, 0.2) is 18.2 Å². The number of rotatable bonds is 2. The molecule has 3 nitrogen and oxygen atoms in total. The highest BCUT2D eigenvalue weighted by Gasteiger charge is 2.29. The summed E-state index contributed by atoms with van der Waals surface area (Å²) in [7, 11) is 0. The van der Waals surface area contributed by atoms with Crippen LogP contribution < -0.4 is 11.1 Å². The molecule has 0 aliphatic carbocycles. The largest absolute Gasteiger partial charge is 0.330 e. The minimum Gasteiger partial charge on any atom is -0.330 e. The molecule has 1 aliphatic rings. The first-order valence-corrected chi connectivity index (χ1v) is 4.52. The summed E-state index contributed by atoms with van der Waals surface area (Å²) in [5.41, 5.74) is 6.82. The minimum atomic E-state index is -0.317. The molecule has 0 fully saturated rings. The van der Waals surface area contributed by atoms with E-state index in [9.17, 15) is 9.18 Å². The van der Waals surface area contributed by atoms with E-state index in [0.717, 1.165) is 5.56 Å². The molecule has 4 heteroatoms. The van der Waals surface area contributed by atoms with Gasteiger partial charge in [-0.25, -0.2) is 4.39 Å². The van der Waals surface area contributed by atoms with Crippen LogP contribution in [-0.2, 0) is 4.79 Å². The molecule has 0 saturated carbocycles. The predicted molar refractivity (Wildman–Crippen MR) is 51.4 cm³/mol. The summed E-state index contributed by atoms with van der Waals surface area (Å²) >= 11 is 0. The Kier molecular flexibility index (Phi) is 2.21. The predicted octanol–water partition coefficient (Wildman–Crippen LogP) is 1.21. The van der Waals surface area contributed by atoms with Gasteiger partial charge in [0.15, 0.2) is 0 Å². The van der Waals surface area contributed by atoms with E-state index in [-0.39, 0.29) is 17.6 Å². The maximum atomic E-state index is 12.9. The number of hydrogen-bond acceptors (Lipinski definition) is 2. The Morgan fingerprint density at radius 1 is 1.50 bits per heavy atom. The molecule has 1 aromatic carbocycles. The number of halogens is 1. The number of nitrogens with two attached hydrogens (primary N) is 1. The summed E-state index contributed by atoms with van der Waals surface area (Å²) in [6.45, 7) is 0.425. The van der Waals surface area contributed by atoms with Crippen LogP contribution in [0.4, 0.5) is 10.1 Å². The van der Waals surface area contributed by atoms with Crippen LogP contribution in [0.3, 0.4) is 0 Å². The number of anilines is 1. The van der Waals surface area contributed by atoms with Gasteiger partial charge in [-0.3, -0.25) is 4.79 Å². The number of hydrogen-bond donors (Lipinski definition) is 2. The van der Waals surface area contributed by atoms with Crippen molar-refractivity contribution in [2.45, 2.75) is 12.3 Å². The molecule has 0 spiro atoms. The van der Waals surface area contributed by atoms with E-state index in [1.165, 1.54) is 12.1 Å². The summed E-state index contributed by atoms with van der Waals surface area (Å²) in [6, 6.07) is 4.32. The maximum Gasteiger partial charge on any atom is 0.232 e. The molecule has 1 aliphatic heterocycles. The average molecular weight is 194 g/mol. The highest BCUT2D eigenvalue weighted by molar-refractivity contribution is 6.02. The van der Waals surface area contributed by atoms with Crippen LogP contribution in [0, 0.1) is 5.82 Å². The van der Waals surface area contributed by atoms with Crippen LogP contribution in [0.1, 0.15) is 17.9 Å². The van der Waals surface area contributed by atoms with E-state index in [1.54, 1.807) is 6.07 Å². The van der Waals surface area contributed by atoms with Crippen molar-refractivity contribution in [1.82, 2.24) is 0 Å².